The summed E-state index contributed by atoms with van der Waals surface area (Å²) in [6.07, 6.45) is 4.36. The minimum absolute atomic E-state index is 0.0194. The third kappa shape index (κ3) is 8.86. The monoisotopic (exact) mass is 846 g/mol. The number of allylic oxidation sites excluding steroid dienone is 1. The van der Waals surface area contributed by atoms with Gasteiger partial charge in [-0.2, -0.15) is 4.98 Å². The fraction of sp³-hybridized carbons (Fsp3) is 0.535. The molecule has 4 aliphatic rings. The highest BCUT2D eigenvalue weighted by atomic mass is 32.2. The minimum Gasteiger partial charge on any atom is -0.497 e. The molecule has 2 aliphatic carbocycles. The van der Waals surface area contributed by atoms with Gasteiger partial charge in [0.05, 0.1) is 35.4 Å². The van der Waals surface area contributed by atoms with Gasteiger partial charge in [-0.3, -0.25) is 19.1 Å². The molecule has 3 heterocycles. The summed E-state index contributed by atoms with van der Waals surface area (Å²) in [5.74, 6) is -1.22. The van der Waals surface area contributed by atoms with Gasteiger partial charge in [0.15, 0.2) is 5.82 Å². The summed E-state index contributed by atoms with van der Waals surface area (Å²) in [4.78, 5) is 66.2. The molecule has 17 heteroatoms. The van der Waals surface area contributed by atoms with Gasteiger partial charge in [0, 0.05) is 24.0 Å². The molecule has 0 spiro atoms. The number of methoxy groups -OCH3 is 1. The van der Waals surface area contributed by atoms with E-state index >= 15 is 0 Å². The van der Waals surface area contributed by atoms with Crippen molar-refractivity contribution in [2.24, 2.45) is 17.8 Å². The van der Waals surface area contributed by atoms with Gasteiger partial charge >= 0.3 is 6.09 Å². The quantitative estimate of drug-likeness (QED) is 0.199. The Bertz CT molecular complexity index is 2300. The van der Waals surface area contributed by atoms with Crippen molar-refractivity contribution in [3.05, 3.63) is 54.6 Å². The second-order valence-electron chi connectivity index (χ2n) is 17.3. The zero-order valence-corrected chi connectivity index (χ0v) is 35.6. The molecule has 2 saturated carbocycles. The predicted octanol–water partition coefficient (Wildman–Crippen LogP) is 4.96. The lowest BCUT2D eigenvalue weighted by Gasteiger charge is -2.32. The number of carbonyl (C=O) groups is 4. The first kappa shape index (κ1) is 42.7. The van der Waals surface area contributed by atoms with Gasteiger partial charge in [0.1, 0.15) is 35.2 Å². The highest BCUT2D eigenvalue weighted by Gasteiger charge is 2.63. The zero-order valence-electron chi connectivity index (χ0n) is 34.8. The standard InChI is InChI=1S/C43H54N6O10S/c1-24(2)58-29-13-11-27(12-14-29)36-44-33-20-30(57-6)15-16-32(33)38(46-36)59-31-21-34-37(50)47-43(40(52)48-60(55,56)42(5)17-18-42)22-28(43)10-8-7-9-25(3)19-26(4)35(45-41(53)54)39(51)49(34)23-31/h8,10-16,20,24-26,28,31,34-35,45H,7,9,17-19,21-23H2,1-6H3,(H,47,50)(H,48,52)(H,53,54)/b10-8-/t25-,26-,28-,31-,34+,35+,43?/m1/s1. The van der Waals surface area contributed by atoms with Gasteiger partial charge in [-0.25, -0.2) is 18.2 Å². The van der Waals surface area contributed by atoms with Crippen molar-refractivity contribution in [3.8, 4) is 28.8 Å². The lowest BCUT2D eigenvalue weighted by molar-refractivity contribution is -0.142. The third-order valence-corrected chi connectivity index (χ3v) is 14.3. The van der Waals surface area contributed by atoms with Crippen molar-refractivity contribution in [1.29, 1.82) is 0 Å². The van der Waals surface area contributed by atoms with Crippen molar-refractivity contribution in [3.63, 3.8) is 0 Å². The smallest absolute Gasteiger partial charge is 0.405 e. The number of carbonyl (C=O) groups excluding carboxylic acids is 3. The van der Waals surface area contributed by atoms with Crippen LogP contribution in [0, 0.1) is 17.8 Å². The molecular formula is C43H54N6O10S. The van der Waals surface area contributed by atoms with E-state index in [1.54, 1.807) is 32.2 Å². The van der Waals surface area contributed by atoms with E-state index < -0.39 is 74.1 Å². The number of aromatic nitrogens is 2. The molecule has 2 aliphatic heterocycles. The van der Waals surface area contributed by atoms with E-state index in [9.17, 15) is 32.7 Å². The van der Waals surface area contributed by atoms with Crippen LogP contribution in [0.5, 0.6) is 17.4 Å². The maximum absolute atomic E-state index is 14.6. The lowest BCUT2D eigenvalue weighted by atomic mass is 9.88. The molecule has 4 amide bonds. The van der Waals surface area contributed by atoms with Crippen LogP contribution < -0.4 is 29.6 Å². The number of carboxylic acid groups (broad SMARTS) is 1. The second-order valence-corrected chi connectivity index (χ2v) is 19.5. The Morgan fingerprint density at radius 3 is 2.42 bits per heavy atom. The van der Waals surface area contributed by atoms with Crippen LogP contribution in [-0.4, -0.2) is 100 Å². The van der Waals surface area contributed by atoms with Crippen LogP contribution in [0.25, 0.3) is 22.3 Å². The summed E-state index contributed by atoms with van der Waals surface area (Å²) >= 11 is 0. The fourth-order valence-electron chi connectivity index (χ4n) is 8.27. The summed E-state index contributed by atoms with van der Waals surface area (Å²) in [6.45, 7) is 9.16. The van der Waals surface area contributed by atoms with E-state index in [0.29, 0.717) is 59.5 Å². The number of amides is 4. The van der Waals surface area contributed by atoms with Crippen molar-refractivity contribution < 1.29 is 46.9 Å². The largest absolute Gasteiger partial charge is 0.497 e. The number of ether oxygens (including phenoxy) is 3. The first-order valence-corrected chi connectivity index (χ1v) is 22.0. The first-order chi connectivity index (χ1) is 28.4. The van der Waals surface area contributed by atoms with E-state index in [1.165, 1.54) is 4.90 Å². The highest BCUT2D eigenvalue weighted by Crippen LogP contribution is 2.48. The molecule has 1 saturated heterocycles. The number of nitrogens with one attached hydrogen (secondary N) is 3. The predicted molar refractivity (Wildman–Crippen MR) is 222 cm³/mol. The van der Waals surface area contributed by atoms with Crippen molar-refractivity contribution in [2.45, 2.75) is 114 Å². The molecule has 7 rings (SSSR count). The van der Waals surface area contributed by atoms with Gasteiger partial charge in [-0.15, -0.1) is 0 Å². The second kappa shape index (κ2) is 16.5. The number of benzene rings is 2. The number of fused-ring (bicyclic) bond motifs is 3. The normalized spacial score (nSPS) is 28.3. The SMILES string of the molecule is COc1ccc2c(O[C@@H]3C[C@H]4C(=O)NC5(C(=O)NS(=O)(=O)C6(C)CC6)C[C@H]5/C=C\CC[C@@H](C)C[C@@H](C)[C@H](NC(=O)O)C(=O)N4C3)nc(-c3ccc(OC(C)C)cc3)nc2c1. The van der Waals surface area contributed by atoms with Crippen LogP contribution in [0.15, 0.2) is 54.6 Å². The van der Waals surface area contributed by atoms with Crippen LogP contribution in [0.1, 0.15) is 79.6 Å². The maximum atomic E-state index is 14.6. The third-order valence-electron chi connectivity index (χ3n) is 12.2. The van der Waals surface area contributed by atoms with Gasteiger partial charge in [-0.05, 0) is 108 Å². The number of sulfonamides is 1. The van der Waals surface area contributed by atoms with E-state index in [0.717, 1.165) is 6.42 Å². The topological polar surface area (TPSA) is 215 Å². The van der Waals surface area contributed by atoms with Crippen molar-refractivity contribution in [1.82, 2.24) is 30.2 Å². The molecule has 1 aromatic heterocycles. The number of rotatable bonds is 10. The fourth-order valence-corrected chi connectivity index (χ4v) is 9.58. The van der Waals surface area contributed by atoms with Crippen LogP contribution in [0.3, 0.4) is 0 Å². The highest BCUT2D eigenvalue weighted by molar-refractivity contribution is 7.91. The number of hydrogen-bond acceptors (Lipinski definition) is 11. The molecule has 4 N–H and O–H groups in total. The van der Waals surface area contributed by atoms with E-state index in [1.807, 2.05) is 64.1 Å². The van der Waals surface area contributed by atoms with Gasteiger partial charge in [0.2, 0.25) is 27.7 Å². The molecule has 16 nitrogen and oxygen atoms in total. The summed E-state index contributed by atoms with van der Waals surface area (Å²) in [6, 6.07) is 10.1. The Balaban J connectivity index is 1.24. The average Bonchev–Trinajstić information content (AvgIpc) is 4.08. The Hall–Kier alpha value is -5.45. The van der Waals surface area contributed by atoms with Crippen LogP contribution in [0.2, 0.25) is 0 Å². The van der Waals surface area contributed by atoms with E-state index in [-0.39, 0.29) is 37.3 Å². The van der Waals surface area contributed by atoms with Gasteiger partial charge < -0.3 is 34.9 Å². The Labute approximate surface area is 349 Å². The average molecular weight is 847 g/mol. The maximum Gasteiger partial charge on any atom is 0.405 e. The molecule has 322 valence electrons. The molecule has 1 unspecified atom stereocenters. The summed E-state index contributed by atoms with van der Waals surface area (Å²) in [5, 5.41) is 15.7. The van der Waals surface area contributed by atoms with E-state index in [2.05, 4.69) is 15.4 Å². The molecular weight excluding hydrogens is 793 g/mol. The summed E-state index contributed by atoms with van der Waals surface area (Å²) in [7, 11) is -2.49. The molecule has 0 radical (unpaired) electrons. The Morgan fingerprint density at radius 1 is 1.03 bits per heavy atom. The molecule has 3 aromatic rings. The molecule has 7 atom stereocenters. The lowest BCUT2D eigenvalue weighted by Crippen LogP contribution is -2.59. The first-order valence-electron chi connectivity index (χ1n) is 20.6. The van der Waals surface area contributed by atoms with Crippen molar-refractivity contribution >= 4 is 44.7 Å². The number of nitrogens with zero attached hydrogens (tertiary/aromatic N) is 3. The van der Waals surface area contributed by atoms with Gasteiger partial charge in [0.25, 0.3) is 5.91 Å². The summed E-state index contributed by atoms with van der Waals surface area (Å²) < 4.78 is 45.6. The number of hydrogen-bond donors (Lipinski definition) is 4. The van der Waals surface area contributed by atoms with Crippen molar-refractivity contribution in [2.75, 3.05) is 13.7 Å². The molecule has 2 aromatic carbocycles. The Morgan fingerprint density at radius 2 is 1.75 bits per heavy atom. The molecule has 60 heavy (non-hydrogen) atoms. The Kier molecular flexibility index (Phi) is 11.8. The zero-order chi connectivity index (χ0) is 43.1. The molecule has 3 fully saturated rings. The van der Waals surface area contributed by atoms with E-state index in [4.69, 9.17) is 24.2 Å². The van der Waals surface area contributed by atoms with Crippen LogP contribution in [0.4, 0.5) is 4.79 Å². The minimum atomic E-state index is -4.03. The summed E-state index contributed by atoms with van der Waals surface area (Å²) in [5.41, 5.74) is -0.387. The van der Waals surface area contributed by atoms with Crippen LogP contribution >= 0.6 is 0 Å². The molecule has 0 bridgehead atoms. The van der Waals surface area contributed by atoms with Crippen LogP contribution in [-0.2, 0) is 24.4 Å². The van der Waals surface area contributed by atoms with Gasteiger partial charge in [-0.1, -0.05) is 26.0 Å².